The Hall–Kier alpha value is -6.38. The first-order chi connectivity index (χ1) is 26.1. The summed E-state index contributed by atoms with van der Waals surface area (Å²) in [4.78, 5) is 6.65. The maximum absolute atomic E-state index is 6.42. The van der Waals surface area contributed by atoms with Gasteiger partial charge in [0.25, 0.3) is 5.69 Å². The first-order valence-electron chi connectivity index (χ1n) is 17.6. The van der Waals surface area contributed by atoms with Crippen LogP contribution in [0.25, 0.3) is 44.3 Å². The molecule has 0 atom stereocenters. The number of hydrogen-bond donors (Lipinski definition) is 0. The van der Waals surface area contributed by atoms with Gasteiger partial charge in [-0.1, -0.05) is 114 Å². The molecule has 7 aromatic carbocycles. The zero-order valence-corrected chi connectivity index (χ0v) is 32.0. The summed E-state index contributed by atoms with van der Waals surface area (Å²) in [5, 5.41) is 2.29. The van der Waals surface area contributed by atoms with Crippen LogP contribution in [0, 0.1) is 12.1 Å². The molecule has 0 amide bonds. The molecule has 8 aromatic rings. The van der Waals surface area contributed by atoms with Gasteiger partial charge in [0.15, 0.2) is 0 Å². The van der Waals surface area contributed by atoms with Crippen LogP contribution in [0.4, 0.5) is 28.4 Å². The Labute approximate surface area is 329 Å². The van der Waals surface area contributed by atoms with Crippen LogP contribution in [-0.2, 0) is 21.1 Å². The molecule has 0 N–H and O–H groups in total. The van der Waals surface area contributed by atoms with Gasteiger partial charge < -0.3 is 14.6 Å². The van der Waals surface area contributed by atoms with Crippen molar-refractivity contribution in [2.75, 3.05) is 19.0 Å². The third kappa shape index (κ3) is 6.56. The summed E-state index contributed by atoms with van der Waals surface area (Å²) in [6.07, 6.45) is 1.82. The minimum atomic E-state index is 0. The van der Waals surface area contributed by atoms with Gasteiger partial charge >= 0.3 is 32.8 Å². The minimum absolute atomic E-state index is 0. The van der Waals surface area contributed by atoms with E-state index in [0.29, 0.717) is 11.5 Å². The fourth-order valence-corrected chi connectivity index (χ4v) is 6.94. The zero-order valence-electron chi connectivity index (χ0n) is 29.7. The van der Waals surface area contributed by atoms with Gasteiger partial charge in [0, 0.05) is 43.5 Å². The molecular formula is C48H34N4OPt+2. The molecule has 0 fully saturated rings. The van der Waals surface area contributed by atoms with Crippen molar-refractivity contribution in [1.29, 1.82) is 0 Å². The number of pyridine rings is 1. The number of hydrogen-bond acceptors (Lipinski definition) is 3. The fraction of sp³-hybridized carbons (Fsp3) is 0.0417. The summed E-state index contributed by atoms with van der Waals surface area (Å²) in [6, 6.07) is 67.2. The number of fused-ring (bicyclic) bond motifs is 3. The van der Waals surface area contributed by atoms with Gasteiger partial charge in [0.1, 0.15) is 5.69 Å². The van der Waals surface area contributed by atoms with Crippen molar-refractivity contribution in [3.8, 4) is 45.0 Å². The molecule has 1 aliphatic rings. The molecule has 9 rings (SSSR count). The van der Waals surface area contributed by atoms with Crippen molar-refractivity contribution >= 4 is 45.2 Å². The predicted octanol–water partition coefficient (Wildman–Crippen LogP) is 11.5. The number of nitrogens with zero attached hydrogens (tertiary/aromatic N) is 4. The molecule has 260 valence electrons. The minimum Gasteiger partial charge on any atom is -0.503 e. The van der Waals surface area contributed by atoms with E-state index >= 15 is 0 Å². The Morgan fingerprint density at radius 3 is 1.96 bits per heavy atom. The van der Waals surface area contributed by atoms with Crippen LogP contribution in [0.3, 0.4) is 0 Å². The first-order valence-corrected chi connectivity index (χ1v) is 17.6. The van der Waals surface area contributed by atoms with Crippen molar-refractivity contribution in [2.24, 2.45) is 0 Å². The number of para-hydroxylation sites is 1. The topological polar surface area (TPSA) is 31.4 Å². The quantitative estimate of drug-likeness (QED) is 0.113. The van der Waals surface area contributed by atoms with Gasteiger partial charge in [0.05, 0.1) is 16.5 Å². The fourth-order valence-electron chi connectivity index (χ4n) is 6.94. The second-order valence-corrected chi connectivity index (χ2v) is 13.1. The molecule has 0 radical (unpaired) electrons. The molecule has 6 heteroatoms. The third-order valence-corrected chi connectivity index (χ3v) is 9.49. The van der Waals surface area contributed by atoms with Crippen LogP contribution in [0.2, 0.25) is 0 Å². The monoisotopic (exact) mass is 877 g/mol. The molecule has 0 bridgehead atoms. The predicted molar refractivity (Wildman–Crippen MR) is 217 cm³/mol. The van der Waals surface area contributed by atoms with E-state index in [2.05, 4.69) is 152 Å². The van der Waals surface area contributed by atoms with Gasteiger partial charge in [0.2, 0.25) is 5.69 Å². The van der Waals surface area contributed by atoms with Crippen molar-refractivity contribution < 1.29 is 25.8 Å². The van der Waals surface area contributed by atoms with E-state index in [1.807, 2.05) is 68.8 Å². The van der Waals surface area contributed by atoms with Gasteiger partial charge in [-0.05, 0) is 57.1 Å². The summed E-state index contributed by atoms with van der Waals surface area (Å²) >= 11 is 0. The van der Waals surface area contributed by atoms with E-state index in [1.165, 1.54) is 0 Å². The SMILES string of the molecule is CN(C)c1ccnc(-c2[c-]c(Oc3[c-]c([N+]4=C=[N+](c5c(-c6ccccc6)cccc5-c5ccccc5)c5c4ccc4ccccc54)ccc3)ccc2)c1.[Pt+2]. The molecule has 1 aliphatic heterocycles. The maximum atomic E-state index is 6.42. The Bertz CT molecular complexity index is 2660. The second kappa shape index (κ2) is 14.9. The van der Waals surface area contributed by atoms with E-state index in [0.717, 1.165) is 72.7 Å². The molecule has 2 heterocycles. The number of benzene rings is 7. The van der Waals surface area contributed by atoms with Crippen LogP contribution in [0.15, 0.2) is 170 Å². The maximum Gasteiger partial charge on any atom is 2.00 e. The molecule has 0 unspecified atom stereocenters. The largest absolute Gasteiger partial charge is 2.00 e. The molecule has 54 heavy (non-hydrogen) atoms. The molecule has 0 spiro atoms. The van der Waals surface area contributed by atoms with Crippen molar-refractivity contribution in [3.63, 3.8) is 0 Å². The van der Waals surface area contributed by atoms with Gasteiger partial charge in [-0.2, -0.15) is 6.07 Å². The van der Waals surface area contributed by atoms with E-state index in [9.17, 15) is 0 Å². The van der Waals surface area contributed by atoms with Crippen LogP contribution in [-0.4, -0.2) is 25.1 Å². The van der Waals surface area contributed by atoms with Gasteiger partial charge in [-0.15, -0.1) is 29.8 Å². The summed E-state index contributed by atoms with van der Waals surface area (Å²) in [6.45, 7) is 0. The zero-order chi connectivity index (χ0) is 35.7. The smallest absolute Gasteiger partial charge is 0.503 e. The van der Waals surface area contributed by atoms with Gasteiger partial charge in [-0.3, -0.25) is 0 Å². The van der Waals surface area contributed by atoms with Gasteiger partial charge in [-0.25, -0.2) is 0 Å². The molecule has 5 nitrogen and oxygen atoms in total. The average molecular weight is 878 g/mol. The Morgan fingerprint density at radius 2 is 1.24 bits per heavy atom. The standard InChI is InChI=1S/C48H34N4O.Pt/c1-50(2)38-28-29-49-45(32-38)37-19-11-21-40(30-37)53-41-22-12-20-39(31-41)51-33-52(48-44-23-10-9-18-36(44)26-27-46(48)51)47-42(34-14-5-3-6-15-34)24-13-25-43(47)35-16-7-4-8-17-35;/h3-29,32H,1-2H3;/q;+2. The number of rotatable bonds is 8. The Kier molecular flexibility index (Phi) is 9.59. The van der Waals surface area contributed by atoms with Crippen molar-refractivity contribution in [3.05, 3.63) is 182 Å². The molecule has 0 saturated carbocycles. The van der Waals surface area contributed by atoms with Crippen LogP contribution >= 0.6 is 0 Å². The van der Waals surface area contributed by atoms with Crippen molar-refractivity contribution in [1.82, 2.24) is 14.1 Å². The summed E-state index contributed by atoms with van der Waals surface area (Å²) in [7, 11) is 4.04. The van der Waals surface area contributed by atoms with Crippen LogP contribution in [0.1, 0.15) is 0 Å². The molecular weight excluding hydrogens is 844 g/mol. The molecule has 0 aliphatic carbocycles. The molecule has 0 saturated heterocycles. The van der Waals surface area contributed by atoms with E-state index in [4.69, 9.17) is 4.74 Å². The Morgan fingerprint density at radius 1 is 0.593 bits per heavy atom. The van der Waals surface area contributed by atoms with E-state index < -0.39 is 0 Å². The number of anilines is 1. The normalized spacial score (nSPS) is 11.7. The summed E-state index contributed by atoms with van der Waals surface area (Å²) in [5.74, 6) is 1.16. The van der Waals surface area contributed by atoms with Crippen molar-refractivity contribution in [2.45, 2.75) is 0 Å². The second-order valence-electron chi connectivity index (χ2n) is 13.1. The number of ether oxygens (including phenoxy) is 1. The number of aromatic nitrogens is 1. The molecule has 1 aromatic heterocycles. The van der Waals surface area contributed by atoms with Crippen LogP contribution in [0.5, 0.6) is 11.5 Å². The third-order valence-electron chi connectivity index (χ3n) is 9.49. The summed E-state index contributed by atoms with van der Waals surface area (Å²) in [5.41, 5.74) is 11.1. The Balaban J connectivity index is 0.00000413. The summed E-state index contributed by atoms with van der Waals surface area (Å²) < 4.78 is 10.7. The van der Waals surface area contributed by atoms with E-state index in [1.54, 1.807) is 0 Å². The average Bonchev–Trinajstić information content (AvgIpc) is 3.61. The van der Waals surface area contributed by atoms with Crippen LogP contribution < -0.4 is 18.8 Å². The first kappa shape index (κ1) is 34.7. The van der Waals surface area contributed by atoms with E-state index in [-0.39, 0.29) is 21.1 Å².